The summed E-state index contributed by atoms with van der Waals surface area (Å²) < 4.78 is 46.2. The van der Waals surface area contributed by atoms with Crippen LogP contribution in [0.2, 0.25) is 0 Å². The predicted octanol–water partition coefficient (Wildman–Crippen LogP) is 2.60. The number of hydrogen-bond acceptors (Lipinski definition) is 4. The summed E-state index contributed by atoms with van der Waals surface area (Å²) in [7, 11) is -4.18. The minimum Gasteiger partial charge on any atom is -0.467 e. The molecule has 8 heteroatoms. The second-order valence-electron chi connectivity index (χ2n) is 6.02. The lowest BCUT2D eigenvalue weighted by Crippen LogP contribution is -2.50. The fraction of sp³-hybridized carbons (Fsp3) is 0.353. The monoisotopic (exact) mass is 368 g/mol. The molecule has 0 radical (unpaired) electrons. The van der Waals surface area contributed by atoms with Crippen LogP contribution >= 0.6 is 0 Å². The second kappa shape index (κ2) is 7.79. The molecule has 1 heterocycles. The van der Waals surface area contributed by atoms with Crippen LogP contribution in [0.4, 0.5) is 4.39 Å². The van der Waals surface area contributed by atoms with Crippen LogP contribution in [0.1, 0.15) is 32.6 Å². The topological polar surface area (TPSA) is 88.4 Å². The van der Waals surface area contributed by atoms with Gasteiger partial charge in [0.15, 0.2) is 0 Å². The summed E-state index contributed by atoms with van der Waals surface area (Å²) in [4.78, 5) is 12.0. The van der Waals surface area contributed by atoms with Crippen LogP contribution in [0, 0.1) is 11.7 Å². The van der Waals surface area contributed by atoms with Crippen molar-refractivity contribution in [2.24, 2.45) is 5.92 Å². The van der Waals surface area contributed by atoms with Crippen molar-refractivity contribution in [2.45, 2.75) is 37.8 Å². The van der Waals surface area contributed by atoms with E-state index >= 15 is 0 Å². The van der Waals surface area contributed by atoms with Gasteiger partial charge in [0.25, 0.3) is 0 Å². The lowest BCUT2D eigenvalue weighted by Gasteiger charge is -2.23. The summed E-state index contributed by atoms with van der Waals surface area (Å²) in [6.07, 6.45) is 1.48. The van der Waals surface area contributed by atoms with Gasteiger partial charge in [0, 0.05) is 0 Å². The number of benzene rings is 1. The number of amides is 1. The van der Waals surface area contributed by atoms with Crippen molar-refractivity contribution in [3.63, 3.8) is 0 Å². The van der Waals surface area contributed by atoms with Gasteiger partial charge in [-0.3, -0.25) is 4.79 Å². The van der Waals surface area contributed by atoms with Crippen molar-refractivity contribution in [1.29, 1.82) is 0 Å². The van der Waals surface area contributed by atoms with Gasteiger partial charge < -0.3 is 9.73 Å². The van der Waals surface area contributed by atoms with Gasteiger partial charge >= 0.3 is 0 Å². The Morgan fingerprint density at radius 1 is 1.12 bits per heavy atom. The van der Waals surface area contributed by atoms with Crippen molar-refractivity contribution in [3.8, 4) is 0 Å². The molecular weight excluding hydrogens is 347 g/mol. The third-order valence-electron chi connectivity index (χ3n) is 3.69. The maximum atomic E-state index is 13.8. The van der Waals surface area contributed by atoms with Gasteiger partial charge in [-0.1, -0.05) is 26.0 Å². The first-order chi connectivity index (χ1) is 11.7. The number of carbonyl (C=O) groups excluding carboxylic acids is 1. The summed E-state index contributed by atoms with van der Waals surface area (Å²) in [5.74, 6) is -1.18. The Labute approximate surface area is 146 Å². The average molecular weight is 368 g/mol. The molecule has 1 amide bonds. The first kappa shape index (κ1) is 19.1. The van der Waals surface area contributed by atoms with Crippen LogP contribution in [-0.2, 0) is 14.8 Å². The van der Waals surface area contributed by atoms with Crippen LogP contribution in [0.3, 0.4) is 0 Å². The quantitative estimate of drug-likeness (QED) is 0.786. The Balaban J connectivity index is 2.18. The minimum atomic E-state index is -4.18. The largest absolute Gasteiger partial charge is 0.467 e. The van der Waals surface area contributed by atoms with E-state index in [0.29, 0.717) is 5.76 Å². The van der Waals surface area contributed by atoms with E-state index in [4.69, 9.17) is 4.42 Å². The van der Waals surface area contributed by atoms with Crippen LogP contribution in [0.5, 0.6) is 0 Å². The highest BCUT2D eigenvalue weighted by atomic mass is 32.2. The zero-order valence-electron chi connectivity index (χ0n) is 14.2. The Morgan fingerprint density at radius 2 is 1.80 bits per heavy atom. The van der Waals surface area contributed by atoms with Gasteiger partial charge in [0.05, 0.1) is 12.3 Å². The van der Waals surface area contributed by atoms with E-state index in [1.807, 2.05) is 0 Å². The molecule has 0 aliphatic rings. The molecule has 0 aliphatic carbocycles. The van der Waals surface area contributed by atoms with Gasteiger partial charge in [-0.2, -0.15) is 4.72 Å². The highest BCUT2D eigenvalue weighted by Crippen LogP contribution is 2.17. The second-order valence-corrected chi connectivity index (χ2v) is 7.70. The summed E-state index contributed by atoms with van der Waals surface area (Å²) in [5.41, 5.74) is 0. The number of rotatable bonds is 7. The Kier molecular flexibility index (Phi) is 5.97. The number of hydrogen-bond donors (Lipinski definition) is 2. The zero-order chi connectivity index (χ0) is 18.6. The summed E-state index contributed by atoms with van der Waals surface area (Å²) in [6.45, 7) is 5.12. The number of halogens is 1. The van der Waals surface area contributed by atoms with Crippen LogP contribution < -0.4 is 10.0 Å². The number of furan rings is 1. The molecule has 6 nitrogen and oxygen atoms in total. The molecule has 2 rings (SSSR count). The van der Waals surface area contributed by atoms with Gasteiger partial charge in [-0.25, -0.2) is 12.8 Å². The normalized spacial score (nSPS) is 14.3. The van der Waals surface area contributed by atoms with Crippen LogP contribution in [-0.4, -0.2) is 20.4 Å². The number of sulfonamides is 1. The lowest BCUT2D eigenvalue weighted by molar-refractivity contribution is -0.124. The van der Waals surface area contributed by atoms with Crippen molar-refractivity contribution in [3.05, 3.63) is 54.2 Å². The zero-order valence-corrected chi connectivity index (χ0v) is 15.0. The molecule has 0 spiro atoms. The van der Waals surface area contributed by atoms with Gasteiger partial charge in [0.1, 0.15) is 22.5 Å². The minimum absolute atomic E-state index is 0.342. The first-order valence-electron chi connectivity index (χ1n) is 7.83. The Bertz CT molecular complexity index is 819. The van der Waals surface area contributed by atoms with Crippen molar-refractivity contribution in [2.75, 3.05) is 0 Å². The first-order valence-corrected chi connectivity index (χ1v) is 9.31. The Morgan fingerprint density at radius 3 is 2.36 bits per heavy atom. The summed E-state index contributed by atoms with van der Waals surface area (Å²) in [6, 6.07) is 6.94. The van der Waals surface area contributed by atoms with E-state index in [9.17, 15) is 17.6 Å². The van der Waals surface area contributed by atoms with E-state index in [1.165, 1.54) is 18.4 Å². The maximum Gasteiger partial charge on any atom is 0.244 e. The fourth-order valence-corrected chi connectivity index (χ4v) is 3.72. The van der Waals surface area contributed by atoms with E-state index in [1.54, 1.807) is 32.9 Å². The van der Waals surface area contributed by atoms with Crippen LogP contribution in [0.25, 0.3) is 0 Å². The van der Waals surface area contributed by atoms with Crippen molar-refractivity contribution in [1.82, 2.24) is 10.0 Å². The molecule has 2 atom stereocenters. The molecular formula is C17H21FN2O4S. The van der Waals surface area contributed by atoms with E-state index in [0.717, 1.165) is 12.1 Å². The molecule has 1 aromatic heterocycles. The molecule has 2 N–H and O–H groups in total. The third-order valence-corrected chi connectivity index (χ3v) is 5.16. The van der Waals surface area contributed by atoms with Crippen molar-refractivity contribution >= 4 is 15.9 Å². The Hall–Kier alpha value is -2.19. The third kappa shape index (κ3) is 4.67. The standard InChI is InChI=1S/C17H21FN2O4S/c1-11(2)16(17(21)19-12(3)14-8-6-10-24-14)20-25(22,23)15-9-5-4-7-13(15)18/h4-12,16,20H,1-3H3,(H,19,21)/t12?,16-/m0/s1. The molecule has 0 saturated heterocycles. The molecule has 1 unspecified atom stereocenters. The number of nitrogens with one attached hydrogen (secondary N) is 2. The predicted molar refractivity (Wildman–Crippen MR) is 90.6 cm³/mol. The van der Waals surface area contributed by atoms with Crippen LogP contribution in [0.15, 0.2) is 52.0 Å². The lowest BCUT2D eigenvalue weighted by atomic mass is 10.0. The average Bonchev–Trinajstić information content (AvgIpc) is 3.07. The van der Waals surface area contributed by atoms with E-state index < -0.39 is 38.7 Å². The molecule has 1 aromatic carbocycles. The highest BCUT2D eigenvalue weighted by Gasteiger charge is 2.30. The van der Waals surface area contributed by atoms with E-state index in [2.05, 4.69) is 10.0 Å². The fourth-order valence-electron chi connectivity index (χ4n) is 2.30. The molecule has 136 valence electrons. The molecule has 0 fully saturated rings. The summed E-state index contributed by atoms with van der Waals surface area (Å²) in [5, 5.41) is 2.70. The van der Waals surface area contributed by atoms with E-state index in [-0.39, 0.29) is 5.92 Å². The van der Waals surface area contributed by atoms with Gasteiger partial charge in [0.2, 0.25) is 15.9 Å². The molecule has 25 heavy (non-hydrogen) atoms. The highest BCUT2D eigenvalue weighted by molar-refractivity contribution is 7.89. The number of carbonyl (C=O) groups is 1. The SMILES string of the molecule is CC(NC(=O)[C@@H](NS(=O)(=O)c1ccccc1F)C(C)C)c1ccco1. The van der Waals surface area contributed by atoms with Crippen molar-refractivity contribution < 1.29 is 22.0 Å². The van der Waals surface area contributed by atoms with Gasteiger partial charge in [-0.05, 0) is 37.1 Å². The molecule has 2 aromatic rings. The molecule has 0 saturated carbocycles. The summed E-state index contributed by atoms with van der Waals surface area (Å²) >= 11 is 0. The molecule has 0 bridgehead atoms. The van der Waals surface area contributed by atoms with Gasteiger partial charge in [-0.15, -0.1) is 0 Å². The smallest absolute Gasteiger partial charge is 0.244 e. The molecule has 0 aliphatic heterocycles. The maximum absolute atomic E-state index is 13.8.